The average molecular weight is 456 g/mol. The van der Waals surface area contributed by atoms with Crippen LogP contribution in [0.4, 0.5) is 4.39 Å². The van der Waals surface area contributed by atoms with Crippen molar-refractivity contribution in [3.8, 4) is 0 Å². The highest BCUT2D eigenvalue weighted by Gasteiger charge is 2.27. The lowest BCUT2D eigenvalue weighted by atomic mass is 9.91. The van der Waals surface area contributed by atoms with Crippen LogP contribution in [0.15, 0.2) is 22.7 Å². The molecule has 5 rings (SSSR count). The maximum atomic E-state index is 13.4. The number of hydrogen-bond donors (Lipinski definition) is 0. The van der Waals surface area contributed by atoms with Crippen molar-refractivity contribution in [1.29, 1.82) is 0 Å². The summed E-state index contributed by atoms with van der Waals surface area (Å²) >= 11 is 1.97. The number of fused-ring (bicyclic) bond motifs is 2. The molecule has 1 saturated heterocycles. The van der Waals surface area contributed by atoms with Crippen LogP contribution in [-0.2, 0) is 30.6 Å². The van der Waals surface area contributed by atoms with Crippen molar-refractivity contribution in [3.63, 3.8) is 0 Å². The van der Waals surface area contributed by atoms with Gasteiger partial charge in [0, 0.05) is 53.7 Å². The Hall–Kier alpha value is -2.25. The van der Waals surface area contributed by atoms with Gasteiger partial charge in [0.1, 0.15) is 5.82 Å². The molecule has 0 unspecified atom stereocenters. The molecule has 7 heteroatoms. The third kappa shape index (κ3) is 4.08. The van der Waals surface area contributed by atoms with Gasteiger partial charge < -0.3 is 14.3 Å². The number of rotatable bonds is 5. The Kier molecular flexibility index (Phi) is 6.03. The van der Waals surface area contributed by atoms with Gasteiger partial charge in [0.25, 0.3) is 0 Å². The molecule has 1 fully saturated rings. The molecule has 170 valence electrons. The van der Waals surface area contributed by atoms with Gasteiger partial charge in [-0.25, -0.2) is 4.39 Å². The fourth-order valence-corrected chi connectivity index (χ4v) is 6.68. The molecule has 0 bridgehead atoms. The second-order valence-corrected chi connectivity index (χ2v) is 10.2. The summed E-state index contributed by atoms with van der Waals surface area (Å²) in [6.07, 6.45) is 5.21. The molecular weight excluding hydrogens is 425 g/mol. The summed E-state index contributed by atoms with van der Waals surface area (Å²) in [7, 11) is 0. The zero-order valence-corrected chi connectivity index (χ0v) is 19.6. The SMILES string of the molecule is CCc1c(CCN2CCC(c3noc4cc(F)ccc34)CC2)sc2c1CN(C(C)=O)CC2. The first kappa shape index (κ1) is 21.6. The zero-order chi connectivity index (χ0) is 22.2. The predicted octanol–water partition coefficient (Wildman–Crippen LogP) is 4.92. The van der Waals surface area contributed by atoms with Crippen LogP contribution in [-0.4, -0.2) is 47.0 Å². The van der Waals surface area contributed by atoms with Crippen molar-refractivity contribution in [1.82, 2.24) is 15.0 Å². The van der Waals surface area contributed by atoms with Crippen LogP contribution in [0.2, 0.25) is 0 Å². The highest BCUT2D eigenvalue weighted by atomic mass is 32.1. The fraction of sp³-hybridized carbons (Fsp3) is 0.520. The van der Waals surface area contributed by atoms with E-state index in [1.54, 1.807) is 13.0 Å². The third-order valence-corrected chi connectivity index (χ3v) is 8.53. The summed E-state index contributed by atoms with van der Waals surface area (Å²) in [5.41, 5.74) is 4.42. The van der Waals surface area contributed by atoms with Gasteiger partial charge in [-0.3, -0.25) is 4.79 Å². The van der Waals surface area contributed by atoms with E-state index in [0.29, 0.717) is 11.5 Å². The van der Waals surface area contributed by atoms with Crippen molar-refractivity contribution in [2.45, 2.75) is 58.4 Å². The number of likely N-dealkylation sites (tertiary alicyclic amines) is 1. The maximum absolute atomic E-state index is 13.4. The summed E-state index contributed by atoms with van der Waals surface area (Å²) in [6, 6.07) is 4.70. The van der Waals surface area contributed by atoms with E-state index in [-0.39, 0.29) is 11.7 Å². The molecule has 1 amide bonds. The average Bonchev–Trinajstić information content (AvgIpc) is 3.37. The normalized spacial score (nSPS) is 17.8. The standard InChI is InChI=1S/C25H30FN3O2S/c1-3-19-21-15-29(16(2)30)13-9-24(21)32-23(19)8-12-28-10-6-17(7-11-28)25-20-5-4-18(26)14-22(20)31-27-25/h4-5,14,17H,3,6-13,15H2,1-2H3. The first-order valence-corrected chi connectivity index (χ1v) is 12.5. The number of nitrogens with zero attached hydrogens (tertiary/aromatic N) is 3. The molecule has 2 aliphatic heterocycles. The van der Waals surface area contributed by atoms with E-state index >= 15 is 0 Å². The van der Waals surface area contributed by atoms with E-state index in [1.807, 2.05) is 16.2 Å². The van der Waals surface area contributed by atoms with E-state index in [0.717, 1.165) is 75.9 Å². The maximum Gasteiger partial charge on any atom is 0.219 e. The molecule has 0 radical (unpaired) electrons. The molecule has 0 spiro atoms. The second kappa shape index (κ2) is 8.94. The number of amides is 1. The van der Waals surface area contributed by atoms with E-state index in [2.05, 4.69) is 17.0 Å². The second-order valence-electron chi connectivity index (χ2n) is 9.02. The Morgan fingerprint density at radius 1 is 1.28 bits per heavy atom. The van der Waals surface area contributed by atoms with E-state index in [1.165, 1.54) is 33.0 Å². The monoisotopic (exact) mass is 455 g/mol. The van der Waals surface area contributed by atoms with Crippen molar-refractivity contribution >= 4 is 28.2 Å². The van der Waals surface area contributed by atoms with Gasteiger partial charge in [-0.1, -0.05) is 12.1 Å². The van der Waals surface area contributed by atoms with E-state index in [9.17, 15) is 9.18 Å². The number of hydrogen-bond acceptors (Lipinski definition) is 5. The van der Waals surface area contributed by atoms with Crippen LogP contribution in [0.25, 0.3) is 11.0 Å². The van der Waals surface area contributed by atoms with Crippen LogP contribution in [0.3, 0.4) is 0 Å². The van der Waals surface area contributed by atoms with Crippen LogP contribution in [0.5, 0.6) is 0 Å². The quantitative estimate of drug-likeness (QED) is 0.548. The van der Waals surface area contributed by atoms with Crippen LogP contribution in [0, 0.1) is 5.82 Å². The summed E-state index contributed by atoms with van der Waals surface area (Å²) in [5, 5.41) is 5.22. The van der Waals surface area contributed by atoms with Gasteiger partial charge >= 0.3 is 0 Å². The number of thiophene rings is 1. The molecule has 0 atom stereocenters. The first-order valence-electron chi connectivity index (χ1n) is 11.7. The Morgan fingerprint density at radius 2 is 2.09 bits per heavy atom. The highest BCUT2D eigenvalue weighted by Crippen LogP contribution is 2.35. The largest absolute Gasteiger partial charge is 0.356 e. The van der Waals surface area contributed by atoms with Crippen molar-refractivity contribution in [3.05, 3.63) is 50.6 Å². The number of carbonyl (C=O) groups is 1. The summed E-state index contributed by atoms with van der Waals surface area (Å²) in [5.74, 6) is 0.264. The lowest BCUT2D eigenvalue weighted by molar-refractivity contribution is -0.129. The highest BCUT2D eigenvalue weighted by molar-refractivity contribution is 7.12. The van der Waals surface area contributed by atoms with Crippen LogP contribution in [0.1, 0.15) is 59.2 Å². The molecule has 32 heavy (non-hydrogen) atoms. The summed E-state index contributed by atoms with van der Waals surface area (Å²) in [6.45, 7) is 8.70. The first-order chi connectivity index (χ1) is 15.5. The van der Waals surface area contributed by atoms with Gasteiger partial charge in [0.05, 0.1) is 5.69 Å². The molecule has 0 aliphatic carbocycles. The molecule has 3 aromatic rings. The van der Waals surface area contributed by atoms with Crippen molar-refractivity contribution in [2.75, 3.05) is 26.2 Å². The van der Waals surface area contributed by atoms with Crippen molar-refractivity contribution in [2.24, 2.45) is 0 Å². The van der Waals surface area contributed by atoms with Gasteiger partial charge in [-0.05, 0) is 68.5 Å². The summed E-state index contributed by atoms with van der Waals surface area (Å²) < 4.78 is 18.8. The van der Waals surface area contributed by atoms with Gasteiger partial charge in [-0.15, -0.1) is 11.3 Å². The molecular formula is C25H30FN3O2S. The molecule has 5 nitrogen and oxygen atoms in total. The Bertz CT molecular complexity index is 1130. The third-order valence-electron chi connectivity index (χ3n) is 7.13. The number of benzene rings is 1. The summed E-state index contributed by atoms with van der Waals surface area (Å²) in [4.78, 5) is 19.4. The minimum atomic E-state index is -0.286. The lowest BCUT2D eigenvalue weighted by Crippen LogP contribution is -2.34. The number of halogens is 1. The number of carbonyl (C=O) groups excluding carboxylic acids is 1. The fourth-order valence-electron chi connectivity index (χ4n) is 5.30. The predicted molar refractivity (Wildman–Crippen MR) is 125 cm³/mol. The Labute approximate surface area is 192 Å². The topological polar surface area (TPSA) is 49.6 Å². The molecule has 2 aliphatic rings. The smallest absolute Gasteiger partial charge is 0.219 e. The van der Waals surface area contributed by atoms with Crippen LogP contribution >= 0.6 is 11.3 Å². The van der Waals surface area contributed by atoms with Crippen molar-refractivity contribution < 1.29 is 13.7 Å². The molecule has 0 N–H and O–H groups in total. The van der Waals surface area contributed by atoms with Gasteiger partial charge in [0.15, 0.2) is 5.58 Å². The van der Waals surface area contributed by atoms with Crippen LogP contribution < -0.4 is 0 Å². The molecule has 4 heterocycles. The zero-order valence-electron chi connectivity index (χ0n) is 18.8. The molecule has 2 aromatic heterocycles. The molecule has 0 saturated carbocycles. The Morgan fingerprint density at radius 3 is 2.84 bits per heavy atom. The van der Waals surface area contributed by atoms with E-state index in [4.69, 9.17) is 4.52 Å². The molecule has 1 aromatic carbocycles. The van der Waals surface area contributed by atoms with E-state index < -0.39 is 0 Å². The lowest BCUT2D eigenvalue weighted by Gasteiger charge is -2.31. The number of aromatic nitrogens is 1. The Balaban J connectivity index is 1.21. The van der Waals surface area contributed by atoms with Gasteiger partial charge in [0.2, 0.25) is 5.91 Å². The minimum absolute atomic E-state index is 0.179. The van der Waals surface area contributed by atoms with Gasteiger partial charge in [-0.2, -0.15) is 0 Å². The number of piperidine rings is 1. The minimum Gasteiger partial charge on any atom is -0.356 e.